The number of cyclic esters (lactones) is 1. The highest BCUT2D eigenvalue weighted by atomic mass is 16.5. The van der Waals surface area contributed by atoms with Gasteiger partial charge in [0.1, 0.15) is 18.0 Å². The van der Waals surface area contributed by atoms with Crippen LogP contribution in [0.15, 0.2) is 0 Å². The van der Waals surface area contributed by atoms with Crippen LogP contribution in [0.1, 0.15) is 37.5 Å². The molecule has 3 rings (SSSR count). The second-order valence-electron chi connectivity index (χ2n) is 5.22. The molecule has 0 bridgehead atoms. The molecule has 110 valence electrons. The molecule has 7 nitrogen and oxygen atoms in total. The van der Waals surface area contributed by atoms with E-state index in [0.717, 1.165) is 31.6 Å². The van der Waals surface area contributed by atoms with E-state index >= 15 is 0 Å². The first-order chi connectivity index (χ1) is 9.78. The molecule has 0 spiro atoms. The first-order valence-electron chi connectivity index (χ1n) is 7.21. The molecule has 2 aliphatic rings. The Balaban J connectivity index is 1.66. The Labute approximate surface area is 117 Å². The largest absolute Gasteiger partial charge is 0.464 e. The number of carbonyl (C=O) groups excluding carboxylic acids is 1. The molecule has 1 aromatic heterocycles. The maximum atomic E-state index is 11.7. The second kappa shape index (κ2) is 5.88. The molecule has 0 radical (unpaired) electrons. The van der Waals surface area contributed by atoms with E-state index < -0.39 is 0 Å². The third-order valence-corrected chi connectivity index (χ3v) is 3.77. The minimum absolute atomic E-state index is 0.118. The van der Waals surface area contributed by atoms with Crippen molar-refractivity contribution in [2.75, 3.05) is 26.3 Å². The molecule has 0 aromatic carbocycles. The number of aryl methyl sites for hydroxylation is 1. The quantitative estimate of drug-likeness (QED) is 0.806. The number of rotatable bonds is 4. The third kappa shape index (κ3) is 2.69. The molecule has 1 N–H and O–H groups in total. The lowest BCUT2D eigenvalue weighted by Crippen LogP contribution is -2.46. The smallest absolute Gasteiger partial charge is 0.323 e. The van der Waals surface area contributed by atoms with Crippen molar-refractivity contribution in [2.45, 2.75) is 38.3 Å². The average molecular weight is 280 g/mol. The predicted molar refractivity (Wildman–Crippen MR) is 70.0 cm³/mol. The van der Waals surface area contributed by atoms with Crippen LogP contribution < -0.4 is 0 Å². The highest BCUT2D eigenvalue weighted by Gasteiger charge is 2.36. The molecule has 3 heterocycles. The highest BCUT2D eigenvalue weighted by Crippen LogP contribution is 2.24. The topological polar surface area (TPSA) is 80.3 Å². The number of hydrogen-bond acceptors (Lipinski definition) is 6. The number of ether oxygens (including phenoxy) is 2. The van der Waals surface area contributed by atoms with Crippen LogP contribution in [0.5, 0.6) is 0 Å². The lowest BCUT2D eigenvalue weighted by atomic mass is 10.1. The Morgan fingerprint density at radius 3 is 3.10 bits per heavy atom. The van der Waals surface area contributed by atoms with Crippen LogP contribution >= 0.6 is 0 Å². The van der Waals surface area contributed by atoms with Gasteiger partial charge < -0.3 is 9.47 Å². The maximum Gasteiger partial charge on any atom is 0.323 e. The summed E-state index contributed by atoms with van der Waals surface area (Å²) in [5.41, 5.74) is 0. The zero-order valence-electron chi connectivity index (χ0n) is 11.7. The van der Waals surface area contributed by atoms with Gasteiger partial charge in [0.15, 0.2) is 5.82 Å². The number of nitrogens with one attached hydrogen (secondary N) is 1. The maximum absolute atomic E-state index is 11.7. The third-order valence-electron chi connectivity index (χ3n) is 3.77. The second-order valence-corrected chi connectivity index (χ2v) is 5.22. The van der Waals surface area contributed by atoms with Crippen molar-refractivity contribution < 1.29 is 14.3 Å². The number of H-pyrrole nitrogens is 1. The van der Waals surface area contributed by atoms with Crippen molar-refractivity contribution in [3.05, 3.63) is 11.6 Å². The van der Waals surface area contributed by atoms with Gasteiger partial charge >= 0.3 is 5.97 Å². The Morgan fingerprint density at radius 2 is 2.35 bits per heavy atom. The van der Waals surface area contributed by atoms with Crippen molar-refractivity contribution in [3.63, 3.8) is 0 Å². The summed E-state index contributed by atoms with van der Waals surface area (Å²) in [5, 5.41) is 7.18. The molecule has 0 saturated carbocycles. The molecule has 0 aliphatic carbocycles. The van der Waals surface area contributed by atoms with Crippen LogP contribution in [0.3, 0.4) is 0 Å². The fourth-order valence-corrected chi connectivity index (χ4v) is 2.73. The van der Waals surface area contributed by atoms with Gasteiger partial charge in [-0.05, 0) is 6.42 Å². The van der Waals surface area contributed by atoms with E-state index in [4.69, 9.17) is 9.47 Å². The van der Waals surface area contributed by atoms with Crippen molar-refractivity contribution in [3.8, 4) is 0 Å². The normalized spacial score (nSPS) is 27.8. The standard InChI is InChI=1S/C13H20N4O3/c1-2-3-11-14-12(16-15-11)10-8-17(5-7-19-10)9-4-6-20-13(9)18/h9-10H,2-8H2,1H3,(H,14,15,16)/t9-,10+/m1/s1. The zero-order chi connectivity index (χ0) is 13.9. The van der Waals surface area contributed by atoms with E-state index in [1.54, 1.807) is 0 Å². The number of aromatic nitrogens is 3. The number of morpholine rings is 1. The Hall–Kier alpha value is -1.47. The molecular weight excluding hydrogens is 260 g/mol. The van der Waals surface area contributed by atoms with Gasteiger partial charge in [0.25, 0.3) is 0 Å². The van der Waals surface area contributed by atoms with Gasteiger partial charge in [0.05, 0.1) is 13.2 Å². The lowest BCUT2D eigenvalue weighted by Gasteiger charge is -2.33. The van der Waals surface area contributed by atoms with E-state index in [9.17, 15) is 4.79 Å². The molecule has 2 aliphatic heterocycles. The van der Waals surface area contributed by atoms with Gasteiger partial charge in [-0.1, -0.05) is 6.92 Å². The SMILES string of the molecule is CCCc1nc([C@@H]2CN([C@@H]3CCOC3=O)CCO2)n[nH]1. The molecule has 2 saturated heterocycles. The number of hydrogen-bond donors (Lipinski definition) is 1. The molecular formula is C13H20N4O3. The van der Waals surface area contributed by atoms with E-state index in [0.29, 0.717) is 25.6 Å². The number of carbonyl (C=O) groups is 1. The van der Waals surface area contributed by atoms with E-state index in [2.05, 4.69) is 27.0 Å². The van der Waals surface area contributed by atoms with Crippen LogP contribution in [-0.4, -0.2) is 58.4 Å². The van der Waals surface area contributed by atoms with Gasteiger partial charge in [-0.2, -0.15) is 5.10 Å². The van der Waals surface area contributed by atoms with Crippen molar-refractivity contribution in [2.24, 2.45) is 0 Å². The summed E-state index contributed by atoms with van der Waals surface area (Å²) in [5.74, 6) is 1.46. The molecule has 7 heteroatoms. The van der Waals surface area contributed by atoms with E-state index in [1.165, 1.54) is 0 Å². The minimum Gasteiger partial charge on any atom is -0.464 e. The Bertz CT molecular complexity index is 476. The summed E-state index contributed by atoms with van der Waals surface area (Å²) < 4.78 is 10.8. The predicted octanol–water partition coefficient (Wildman–Crippen LogP) is 0.446. The molecule has 0 unspecified atom stereocenters. The van der Waals surface area contributed by atoms with Crippen LogP contribution in [0.25, 0.3) is 0 Å². The van der Waals surface area contributed by atoms with Gasteiger partial charge in [0, 0.05) is 25.9 Å². The van der Waals surface area contributed by atoms with Crippen LogP contribution in [0.2, 0.25) is 0 Å². The van der Waals surface area contributed by atoms with Gasteiger partial charge in [-0.25, -0.2) is 4.98 Å². The highest BCUT2D eigenvalue weighted by molar-refractivity contribution is 5.77. The summed E-state index contributed by atoms with van der Waals surface area (Å²) in [4.78, 5) is 18.3. The van der Waals surface area contributed by atoms with Gasteiger partial charge in [-0.15, -0.1) is 0 Å². The fraction of sp³-hybridized carbons (Fsp3) is 0.769. The fourth-order valence-electron chi connectivity index (χ4n) is 2.73. The Morgan fingerprint density at radius 1 is 1.45 bits per heavy atom. The lowest BCUT2D eigenvalue weighted by molar-refractivity contribution is -0.144. The van der Waals surface area contributed by atoms with E-state index in [1.807, 2.05) is 0 Å². The summed E-state index contributed by atoms with van der Waals surface area (Å²) in [6.45, 7) is 4.61. The summed E-state index contributed by atoms with van der Waals surface area (Å²) >= 11 is 0. The van der Waals surface area contributed by atoms with Crippen molar-refractivity contribution in [1.29, 1.82) is 0 Å². The van der Waals surface area contributed by atoms with Crippen molar-refractivity contribution in [1.82, 2.24) is 20.1 Å². The summed E-state index contributed by atoms with van der Waals surface area (Å²) in [7, 11) is 0. The zero-order valence-corrected chi connectivity index (χ0v) is 11.7. The number of aromatic amines is 1. The number of esters is 1. The molecule has 2 atom stereocenters. The van der Waals surface area contributed by atoms with Gasteiger partial charge in [0.2, 0.25) is 0 Å². The summed E-state index contributed by atoms with van der Waals surface area (Å²) in [6.07, 6.45) is 2.51. The molecule has 2 fully saturated rings. The first-order valence-corrected chi connectivity index (χ1v) is 7.21. The Kier molecular flexibility index (Phi) is 3.98. The minimum atomic E-state index is -0.168. The molecule has 0 amide bonds. The van der Waals surface area contributed by atoms with Crippen LogP contribution in [-0.2, 0) is 20.7 Å². The van der Waals surface area contributed by atoms with Crippen molar-refractivity contribution >= 4 is 5.97 Å². The monoisotopic (exact) mass is 280 g/mol. The first kappa shape index (κ1) is 13.5. The number of nitrogens with zero attached hydrogens (tertiary/aromatic N) is 3. The molecule has 1 aromatic rings. The van der Waals surface area contributed by atoms with Crippen LogP contribution in [0, 0.1) is 0 Å². The van der Waals surface area contributed by atoms with E-state index in [-0.39, 0.29) is 18.1 Å². The molecule has 20 heavy (non-hydrogen) atoms. The average Bonchev–Trinajstić information content (AvgIpc) is 3.08. The van der Waals surface area contributed by atoms with Crippen LogP contribution in [0.4, 0.5) is 0 Å². The van der Waals surface area contributed by atoms with Gasteiger partial charge in [-0.3, -0.25) is 14.8 Å². The summed E-state index contributed by atoms with van der Waals surface area (Å²) in [6, 6.07) is -0.129.